The summed E-state index contributed by atoms with van der Waals surface area (Å²) in [5.41, 5.74) is 0. The van der Waals surface area contributed by atoms with Crippen LogP contribution in [0, 0.1) is 11.3 Å². The molecule has 0 aliphatic carbocycles. The topological polar surface area (TPSA) is 47.3 Å². The summed E-state index contributed by atoms with van der Waals surface area (Å²) in [7, 11) is 3.90. The summed E-state index contributed by atoms with van der Waals surface area (Å²) in [6, 6.07) is 2.06. The molecule has 0 aromatic heterocycles. The Morgan fingerprint density at radius 3 is 2.56 bits per heavy atom. The van der Waals surface area contributed by atoms with Crippen molar-refractivity contribution in [3.05, 3.63) is 12.2 Å². The van der Waals surface area contributed by atoms with Gasteiger partial charge in [0.25, 0.3) is 0 Å². The summed E-state index contributed by atoms with van der Waals surface area (Å²) in [6.07, 6.45) is 3.79. The van der Waals surface area contributed by atoms with Crippen LogP contribution in [0.5, 0.6) is 0 Å². The maximum absolute atomic E-state index is 11.8. The summed E-state index contributed by atoms with van der Waals surface area (Å²) in [5.74, 6) is -0.0212. The molecule has 0 aromatic rings. The highest BCUT2D eigenvalue weighted by Crippen LogP contribution is 2.04. The molecule has 1 amide bonds. The van der Waals surface area contributed by atoms with Crippen molar-refractivity contribution in [3.8, 4) is 6.07 Å². The van der Waals surface area contributed by atoms with Crippen molar-refractivity contribution in [2.45, 2.75) is 26.3 Å². The predicted molar refractivity (Wildman–Crippen MR) is 64.8 cm³/mol. The van der Waals surface area contributed by atoms with E-state index in [0.717, 1.165) is 6.54 Å². The first-order valence-corrected chi connectivity index (χ1v) is 5.51. The molecule has 0 aliphatic heterocycles. The molecule has 0 unspecified atom stereocenters. The fourth-order valence-corrected chi connectivity index (χ4v) is 1.39. The largest absolute Gasteiger partial charge is 0.336 e. The van der Waals surface area contributed by atoms with E-state index in [1.54, 1.807) is 11.0 Å². The average Bonchev–Trinajstić information content (AvgIpc) is 2.18. The Kier molecular flexibility index (Phi) is 7.23. The van der Waals surface area contributed by atoms with Crippen molar-refractivity contribution < 1.29 is 4.79 Å². The zero-order valence-corrected chi connectivity index (χ0v) is 10.6. The number of hydrogen-bond donors (Lipinski definition) is 0. The molecule has 0 rings (SSSR count). The average molecular weight is 223 g/mol. The van der Waals surface area contributed by atoms with Crippen molar-refractivity contribution in [2.24, 2.45) is 0 Å². The van der Waals surface area contributed by atoms with E-state index in [1.807, 2.05) is 38.9 Å². The molecule has 4 heteroatoms. The van der Waals surface area contributed by atoms with Crippen LogP contribution in [0.3, 0.4) is 0 Å². The van der Waals surface area contributed by atoms with E-state index in [0.29, 0.717) is 13.0 Å². The first-order chi connectivity index (χ1) is 7.52. The molecule has 0 saturated heterocycles. The molecule has 4 nitrogen and oxygen atoms in total. The van der Waals surface area contributed by atoms with Crippen molar-refractivity contribution in [3.63, 3.8) is 0 Å². The maximum Gasteiger partial charge on any atom is 0.246 e. The van der Waals surface area contributed by atoms with Gasteiger partial charge in [0.2, 0.25) is 5.91 Å². The molecular weight excluding hydrogens is 202 g/mol. The lowest BCUT2D eigenvalue weighted by atomic mass is 10.2. The molecule has 0 radical (unpaired) electrons. The van der Waals surface area contributed by atoms with Crippen LogP contribution in [0.4, 0.5) is 0 Å². The van der Waals surface area contributed by atoms with Crippen LogP contribution in [-0.4, -0.2) is 48.9 Å². The van der Waals surface area contributed by atoms with E-state index in [-0.39, 0.29) is 11.9 Å². The van der Waals surface area contributed by atoms with Gasteiger partial charge in [-0.05, 0) is 27.9 Å². The molecule has 0 spiro atoms. The van der Waals surface area contributed by atoms with Crippen LogP contribution in [0.1, 0.15) is 20.3 Å². The highest BCUT2D eigenvalue weighted by Gasteiger charge is 2.15. The number of rotatable bonds is 6. The Morgan fingerprint density at radius 1 is 1.50 bits per heavy atom. The lowest BCUT2D eigenvalue weighted by Crippen LogP contribution is -2.37. The number of likely N-dealkylation sites (N-methyl/N-ethyl adjacent to an activating group) is 2. The van der Waals surface area contributed by atoms with Crippen molar-refractivity contribution in [1.82, 2.24) is 9.80 Å². The van der Waals surface area contributed by atoms with Gasteiger partial charge in [0.1, 0.15) is 0 Å². The van der Waals surface area contributed by atoms with E-state index in [4.69, 9.17) is 5.26 Å². The number of hydrogen-bond acceptors (Lipinski definition) is 3. The normalized spacial score (nSPS) is 12.8. The van der Waals surface area contributed by atoms with Crippen molar-refractivity contribution >= 4 is 5.91 Å². The lowest BCUT2D eigenvalue weighted by molar-refractivity contribution is -0.127. The van der Waals surface area contributed by atoms with E-state index in [1.165, 1.54) is 0 Å². The van der Waals surface area contributed by atoms with Gasteiger partial charge in [-0.25, -0.2) is 0 Å². The smallest absolute Gasteiger partial charge is 0.246 e. The van der Waals surface area contributed by atoms with E-state index in [9.17, 15) is 4.79 Å². The summed E-state index contributed by atoms with van der Waals surface area (Å²) in [5, 5.41) is 8.60. The van der Waals surface area contributed by atoms with Crippen LogP contribution in [-0.2, 0) is 4.79 Å². The Morgan fingerprint density at radius 2 is 2.12 bits per heavy atom. The van der Waals surface area contributed by atoms with E-state index >= 15 is 0 Å². The Bertz CT molecular complexity index is 278. The van der Waals surface area contributed by atoms with Gasteiger partial charge >= 0.3 is 0 Å². The monoisotopic (exact) mass is 223 g/mol. The molecule has 16 heavy (non-hydrogen) atoms. The standard InChI is InChI=1S/C12H21N3O/c1-5-15(11(2)8-9-13)12(16)7-6-10-14(3)4/h6-7,11H,5,8,10H2,1-4H3/b7-6+/t11-/m1/s1. The van der Waals surface area contributed by atoms with Gasteiger partial charge in [0.15, 0.2) is 0 Å². The minimum atomic E-state index is -0.0218. The minimum absolute atomic E-state index is 0.0212. The molecule has 0 fully saturated rings. The van der Waals surface area contributed by atoms with Crippen LogP contribution in [0.25, 0.3) is 0 Å². The predicted octanol–water partition coefficient (Wildman–Crippen LogP) is 1.25. The van der Waals surface area contributed by atoms with Crippen molar-refractivity contribution in [1.29, 1.82) is 5.26 Å². The zero-order chi connectivity index (χ0) is 12.6. The van der Waals surface area contributed by atoms with Crippen molar-refractivity contribution in [2.75, 3.05) is 27.2 Å². The van der Waals surface area contributed by atoms with E-state index < -0.39 is 0 Å². The van der Waals surface area contributed by atoms with Crippen LogP contribution >= 0.6 is 0 Å². The molecule has 0 N–H and O–H groups in total. The Labute approximate surface area is 98.1 Å². The molecule has 0 aliphatic rings. The SMILES string of the molecule is CCN(C(=O)/C=C/CN(C)C)[C@H](C)CC#N. The van der Waals surface area contributed by atoms with Crippen LogP contribution < -0.4 is 0 Å². The molecule has 0 heterocycles. The quantitative estimate of drug-likeness (QED) is 0.637. The van der Waals surface area contributed by atoms with Gasteiger partial charge in [-0.15, -0.1) is 0 Å². The third kappa shape index (κ3) is 5.52. The maximum atomic E-state index is 11.8. The number of amides is 1. The fourth-order valence-electron chi connectivity index (χ4n) is 1.39. The first-order valence-electron chi connectivity index (χ1n) is 5.51. The second-order valence-corrected chi connectivity index (χ2v) is 4.00. The number of carbonyl (C=O) groups excluding carboxylic acids is 1. The zero-order valence-electron chi connectivity index (χ0n) is 10.6. The van der Waals surface area contributed by atoms with Gasteiger partial charge in [-0.3, -0.25) is 4.79 Å². The third-order valence-electron chi connectivity index (χ3n) is 2.27. The molecule has 0 saturated carbocycles. The summed E-state index contributed by atoms with van der Waals surface area (Å²) in [4.78, 5) is 15.5. The van der Waals surface area contributed by atoms with Crippen LogP contribution in [0.2, 0.25) is 0 Å². The van der Waals surface area contributed by atoms with Crippen LogP contribution in [0.15, 0.2) is 12.2 Å². The molecule has 0 bridgehead atoms. The molecular formula is C12H21N3O. The highest BCUT2D eigenvalue weighted by atomic mass is 16.2. The van der Waals surface area contributed by atoms with Gasteiger partial charge in [-0.2, -0.15) is 5.26 Å². The minimum Gasteiger partial charge on any atom is -0.336 e. The molecule has 0 aromatic carbocycles. The van der Waals surface area contributed by atoms with Gasteiger partial charge in [-0.1, -0.05) is 6.08 Å². The summed E-state index contributed by atoms with van der Waals surface area (Å²) >= 11 is 0. The Hall–Kier alpha value is -1.34. The van der Waals surface area contributed by atoms with Gasteiger partial charge < -0.3 is 9.80 Å². The first kappa shape index (κ1) is 14.7. The van der Waals surface area contributed by atoms with E-state index in [2.05, 4.69) is 6.07 Å². The second-order valence-electron chi connectivity index (χ2n) is 4.00. The summed E-state index contributed by atoms with van der Waals surface area (Å²) < 4.78 is 0. The Balaban J connectivity index is 4.32. The lowest BCUT2D eigenvalue weighted by Gasteiger charge is -2.25. The summed E-state index contributed by atoms with van der Waals surface area (Å²) in [6.45, 7) is 5.19. The molecule has 90 valence electrons. The number of nitrogens with zero attached hydrogens (tertiary/aromatic N) is 3. The fraction of sp³-hybridized carbons (Fsp3) is 0.667. The molecule has 1 atom stereocenters. The van der Waals surface area contributed by atoms with Gasteiger partial charge in [0, 0.05) is 25.2 Å². The highest BCUT2D eigenvalue weighted by molar-refractivity contribution is 5.87. The second kappa shape index (κ2) is 7.89. The number of carbonyl (C=O) groups is 1. The third-order valence-corrected chi connectivity index (χ3v) is 2.27. The number of nitriles is 1. The van der Waals surface area contributed by atoms with Gasteiger partial charge in [0.05, 0.1) is 12.5 Å².